The first-order valence-corrected chi connectivity index (χ1v) is 8.04. The van der Waals surface area contributed by atoms with Crippen LogP contribution in [0.3, 0.4) is 0 Å². The molecule has 1 atom stereocenters. The molecule has 4 nitrogen and oxygen atoms in total. The van der Waals surface area contributed by atoms with Crippen molar-refractivity contribution in [3.8, 4) is 5.75 Å². The zero-order valence-electron chi connectivity index (χ0n) is 12.6. The minimum absolute atomic E-state index is 0.135. The number of anilines is 2. The number of ether oxygens (including phenoxy) is 1. The molecule has 1 unspecified atom stereocenters. The predicted molar refractivity (Wildman–Crippen MR) is 91.1 cm³/mol. The predicted octanol–water partition coefficient (Wildman–Crippen LogP) is 4.23. The Balaban J connectivity index is 1.86. The number of carbonyl (C=O) groups excluding carboxylic acids is 1. The molecule has 114 valence electrons. The molecule has 1 N–H and O–H groups in total. The van der Waals surface area contributed by atoms with Crippen LogP contribution < -0.4 is 15.0 Å². The summed E-state index contributed by atoms with van der Waals surface area (Å²) < 4.78 is 5.29. The van der Waals surface area contributed by atoms with Gasteiger partial charge in [0.15, 0.2) is 0 Å². The largest absolute Gasteiger partial charge is 0.495 e. The maximum absolute atomic E-state index is 12.7. The highest BCUT2D eigenvalue weighted by molar-refractivity contribution is 8.00. The van der Waals surface area contributed by atoms with Gasteiger partial charge < -0.3 is 10.1 Å². The summed E-state index contributed by atoms with van der Waals surface area (Å²) >= 11 is 1.80. The molecule has 0 fully saturated rings. The molecule has 1 aliphatic heterocycles. The Kier molecular flexibility index (Phi) is 4.24. The number of para-hydroxylation sites is 3. The maximum atomic E-state index is 12.7. The lowest BCUT2D eigenvalue weighted by atomic mass is 10.2. The summed E-state index contributed by atoms with van der Waals surface area (Å²) in [5.74, 6) is 0.656. The van der Waals surface area contributed by atoms with E-state index in [-0.39, 0.29) is 6.03 Å². The van der Waals surface area contributed by atoms with Gasteiger partial charge in [0.05, 0.1) is 18.5 Å². The lowest BCUT2D eigenvalue weighted by Gasteiger charge is -2.32. The van der Waals surface area contributed by atoms with E-state index in [4.69, 9.17) is 4.74 Å². The second-order valence-corrected chi connectivity index (χ2v) is 6.62. The van der Waals surface area contributed by atoms with Crippen LogP contribution in [0.2, 0.25) is 0 Å². The van der Waals surface area contributed by atoms with Crippen LogP contribution in [0.25, 0.3) is 0 Å². The molecule has 0 aromatic heterocycles. The SMILES string of the molecule is COc1ccccc1NC(=O)N1CC(C)Sc2ccccc21. The van der Waals surface area contributed by atoms with Gasteiger partial charge in [-0.15, -0.1) is 11.8 Å². The van der Waals surface area contributed by atoms with Crippen molar-refractivity contribution >= 4 is 29.2 Å². The van der Waals surface area contributed by atoms with Crippen LogP contribution in [0.4, 0.5) is 16.2 Å². The zero-order valence-corrected chi connectivity index (χ0v) is 13.4. The number of carbonyl (C=O) groups is 1. The van der Waals surface area contributed by atoms with Crippen molar-refractivity contribution in [1.82, 2.24) is 0 Å². The number of hydrogen-bond donors (Lipinski definition) is 1. The second-order valence-electron chi connectivity index (χ2n) is 5.14. The smallest absolute Gasteiger partial charge is 0.326 e. The first-order valence-electron chi connectivity index (χ1n) is 7.16. The fourth-order valence-electron chi connectivity index (χ4n) is 2.51. The Morgan fingerprint density at radius 2 is 1.95 bits per heavy atom. The number of methoxy groups -OCH3 is 1. The monoisotopic (exact) mass is 314 g/mol. The van der Waals surface area contributed by atoms with E-state index in [9.17, 15) is 4.79 Å². The molecule has 5 heteroatoms. The summed E-state index contributed by atoms with van der Waals surface area (Å²) in [7, 11) is 1.60. The third-order valence-electron chi connectivity index (χ3n) is 3.52. The number of nitrogens with one attached hydrogen (secondary N) is 1. The van der Waals surface area contributed by atoms with E-state index in [1.807, 2.05) is 42.5 Å². The normalized spacial score (nSPS) is 16.8. The molecular weight excluding hydrogens is 296 g/mol. The number of amides is 2. The third kappa shape index (κ3) is 2.90. The molecular formula is C17H18N2O2S. The van der Waals surface area contributed by atoms with E-state index in [1.54, 1.807) is 23.8 Å². The molecule has 0 bridgehead atoms. The topological polar surface area (TPSA) is 41.6 Å². The van der Waals surface area contributed by atoms with Crippen LogP contribution in [0.5, 0.6) is 5.75 Å². The van der Waals surface area contributed by atoms with E-state index >= 15 is 0 Å². The first-order chi connectivity index (χ1) is 10.7. The molecule has 0 saturated heterocycles. The Bertz CT molecular complexity index is 690. The van der Waals surface area contributed by atoms with Crippen molar-refractivity contribution in [2.45, 2.75) is 17.1 Å². The number of thioether (sulfide) groups is 1. The van der Waals surface area contributed by atoms with Crippen LogP contribution >= 0.6 is 11.8 Å². The van der Waals surface area contributed by atoms with E-state index in [0.717, 1.165) is 10.6 Å². The average molecular weight is 314 g/mol. The summed E-state index contributed by atoms with van der Waals surface area (Å²) in [6.07, 6.45) is 0. The number of fused-ring (bicyclic) bond motifs is 1. The second kappa shape index (κ2) is 6.32. The highest BCUT2D eigenvalue weighted by Gasteiger charge is 2.27. The summed E-state index contributed by atoms with van der Waals surface area (Å²) in [5, 5.41) is 3.30. The van der Waals surface area contributed by atoms with E-state index < -0.39 is 0 Å². The van der Waals surface area contributed by atoms with Crippen LogP contribution in [-0.4, -0.2) is 24.9 Å². The van der Waals surface area contributed by atoms with Crippen LogP contribution in [0.1, 0.15) is 6.92 Å². The Morgan fingerprint density at radius 1 is 1.23 bits per heavy atom. The molecule has 0 aliphatic carbocycles. The van der Waals surface area contributed by atoms with E-state index in [2.05, 4.69) is 18.3 Å². The van der Waals surface area contributed by atoms with E-state index in [1.165, 1.54) is 0 Å². The van der Waals surface area contributed by atoms with Gasteiger partial charge >= 0.3 is 6.03 Å². The quantitative estimate of drug-likeness (QED) is 0.902. The van der Waals surface area contributed by atoms with Gasteiger partial charge in [0.1, 0.15) is 5.75 Å². The van der Waals surface area contributed by atoms with Gasteiger partial charge in [-0.25, -0.2) is 4.79 Å². The molecule has 2 aromatic carbocycles. The van der Waals surface area contributed by atoms with Crippen LogP contribution in [0.15, 0.2) is 53.4 Å². The summed E-state index contributed by atoms with van der Waals surface area (Å²) in [5.41, 5.74) is 1.64. The van der Waals surface area contributed by atoms with Crippen LogP contribution in [-0.2, 0) is 0 Å². The van der Waals surface area contributed by atoms with Gasteiger partial charge in [-0.1, -0.05) is 31.2 Å². The molecule has 1 heterocycles. The Labute approximate surface area is 134 Å². The van der Waals surface area contributed by atoms with Crippen molar-refractivity contribution in [3.05, 3.63) is 48.5 Å². The lowest BCUT2D eigenvalue weighted by Crippen LogP contribution is -2.41. The van der Waals surface area contributed by atoms with Crippen molar-refractivity contribution in [3.63, 3.8) is 0 Å². The van der Waals surface area contributed by atoms with Gasteiger partial charge in [0, 0.05) is 16.7 Å². The Hall–Kier alpha value is -2.14. The zero-order chi connectivity index (χ0) is 15.5. The van der Waals surface area contributed by atoms with Crippen molar-refractivity contribution in [2.24, 2.45) is 0 Å². The standard InChI is InChI=1S/C17H18N2O2S/c1-12-11-19(14-8-4-6-10-16(14)22-12)17(20)18-13-7-3-5-9-15(13)21-2/h3-10,12H,11H2,1-2H3,(H,18,20). The van der Waals surface area contributed by atoms with Crippen LogP contribution in [0, 0.1) is 0 Å². The number of rotatable bonds is 2. The molecule has 3 rings (SSSR count). The average Bonchev–Trinajstić information content (AvgIpc) is 2.54. The summed E-state index contributed by atoms with van der Waals surface area (Å²) in [6.45, 7) is 2.81. The Morgan fingerprint density at radius 3 is 2.77 bits per heavy atom. The molecule has 2 aromatic rings. The molecule has 0 radical (unpaired) electrons. The third-order valence-corrected chi connectivity index (χ3v) is 4.67. The molecule has 1 aliphatic rings. The van der Waals surface area contributed by atoms with Gasteiger partial charge in [0.25, 0.3) is 0 Å². The molecule has 0 spiro atoms. The number of benzene rings is 2. The van der Waals surface area contributed by atoms with Gasteiger partial charge in [0.2, 0.25) is 0 Å². The fourth-order valence-corrected chi connectivity index (χ4v) is 3.63. The minimum Gasteiger partial charge on any atom is -0.495 e. The fraction of sp³-hybridized carbons (Fsp3) is 0.235. The van der Waals surface area contributed by atoms with E-state index in [0.29, 0.717) is 23.2 Å². The number of hydrogen-bond acceptors (Lipinski definition) is 3. The molecule has 22 heavy (non-hydrogen) atoms. The van der Waals surface area contributed by atoms with Gasteiger partial charge in [-0.05, 0) is 24.3 Å². The summed E-state index contributed by atoms with van der Waals surface area (Å²) in [4.78, 5) is 15.6. The molecule has 0 saturated carbocycles. The molecule has 2 amide bonds. The minimum atomic E-state index is -0.135. The van der Waals surface area contributed by atoms with Crippen molar-refractivity contribution in [1.29, 1.82) is 0 Å². The highest BCUT2D eigenvalue weighted by Crippen LogP contribution is 2.38. The maximum Gasteiger partial charge on any atom is 0.326 e. The van der Waals surface area contributed by atoms with Gasteiger partial charge in [-0.3, -0.25) is 4.90 Å². The number of nitrogens with zero attached hydrogens (tertiary/aromatic N) is 1. The summed E-state index contributed by atoms with van der Waals surface area (Å²) in [6, 6.07) is 15.3. The number of urea groups is 1. The van der Waals surface area contributed by atoms with Gasteiger partial charge in [-0.2, -0.15) is 0 Å². The lowest BCUT2D eigenvalue weighted by molar-refractivity contribution is 0.256. The van der Waals surface area contributed by atoms with Crippen molar-refractivity contribution in [2.75, 3.05) is 23.9 Å². The van der Waals surface area contributed by atoms with Crippen molar-refractivity contribution < 1.29 is 9.53 Å². The first kappa shape index (κ1) is 14.8. The highest BCUT2D eigenvalue weighted by atomic mass is 32.2.